The van der Waals surface area contributed by atoms with E-state index in [0.717, 1.165) is 6.07 Å². The number of halogens is 3. The van der Waals surface area contributed by atoms with Crippen LogP contribution in [0.15, 0.2) is 12.1 Å². The molecule has 1 heterocycles. The topological polar surface area (TPSA) is 46.2 Å². The molecule has 0 aliphatic heterocycles. The zero-order valence-electron chi connectivity index (χ0n) is 8.50. The molecule has 8 heteroatoms. The summed E-state index contributed by atoms with van der Waals surface area (Å²) in [5.41, 5.74) is 0. The summed E-state index contributed by atoms with van der Waals surface area (Å²) < 4.78 is 61.7. The fraction of sp³-hybridized carbons (Fsp3) is 0.500. The molecule has 1 N–H and O–H groups in total. The van der Waals surface area contributed by atoms with E-state index in [1.165, 1.54) is 20.0 Å². The minimum Gasteiger partial charge on any atom is -0.218 e. The van der Waals surface area contributed by atoms with Crippen molar-refractivity contribution >= 4 is 21.4 Å². The highest BCUT2D eigenvalue weighted by Crippen LogP contribution is 2.37. The third-order valence-electron chi connectivity index (χ3n) is 2.06. The Kier molecular flexibility index (Phi) is 3.65. The van der Waals surface area contributed by atoms with Crippen molar-refractivity contribution < 1.29 is 21.6 Å². The number of rotatable bonds is 3. The second-order valence-electron chi connectivity index (χ2n) is 3.09. The van der Waals surface area contributed by atoms with Gasteiger partial charge >= 0.3 is 6.18 Å². The van der Waals surface area contributed by atoms with E-state index >= 15 is 0 Å². The highest BCUT2D eigenvalue weighted by molar-refractivity contribution is 7.89. The largest absolute Gasteiger partial charge is 0.425 e. The van der Waals surface area contributed by atoms with E-state index in [0.29, 0.717) is 11.3 Å². The Morgan fingerprint density at radius 3 is 2.31 bits per heavy atom. The van der Waals surface area contributed by atoms with Gasteiger partial charge in [-0.05, 0) is 26.1 Å². The number of thiophene rings is 1. The molecule has 0 aromatic carbocycles. The average molecular weight is 273 g/mol. The molecular weight excluding hydrogens is 263 g/mol. The van der Waals surface area contributed by atoms with Crippen molar-refractivity contribution in [3.8, 4) is 0 Å². The van der Waals surface area contributed by atoms with Crippen molar-refractivity contribution in [3.63, 3.8) is 0 Å². The predicted octanol–water partition coefficient (Wildman–Crippen LogP) is 2.38. The Morgan fingerprint density at radius 1 is 1.38 bits per heavy atom. The van der Waals surface area contributed by atoms with Gasteiger partial charge in [-0.1, -0.05) is 0 Å². The first-order valence-corrected chi connectivity index (χ1v) is 6.64. The van der Waals surface area contributed by atoms with Crippen molar-refractivity contribution in [1.29, 1.82) is 0 Å². The summed E-state index contributed by atoms with van der Waals surface area (Å²) in [7, 11) is -2.36. The van der Waals surface area contributed by atoms with Gasteiger partial charge in [-0.3, -0.25) is 0 Å². The van der Waals surface area contributed by atoms with Crippen molar-refractivity contribution in [1.82, 2.24) is 4.72 Å². The molecule has 1 aromatic heterocycles. The van der Waals surface area contributed by atoms with Gasteiger partial charge in [0.25, 0.3) is 0 Å². The molecule has 16 heavy (non-hydrogen) atoms. The molecule has 0 spiro atoms. The maximum atomic E-state index is 12.3. The molecule has 0 fully saturated rings. The Balaban J connectivity index is 3.04. The lowest BCUT2D eigenvalue weighted by atomic mass is 10.3. The lowest BCUT2D eigenvalue weighted by molar-refractivity contribution is -0.134. The van der Waals surface area contributed by atoms with Gasteiger partial charge in [0, 0.05) is 4.88 Å². The zero-order valence-corrected chi connectivity index (χ0v) is 10.1. The van der Waals surface area contributed by atoms with Crippen LogP contribution in [0.3, 0.4) is 0 Å². The number of sulfonamides is 1. The molecule has 0 radical (unpaired) electrons. The average Bonchev–Trinajstić information content (AvgIpc) is 2.64. The Hall–Kier alpha value is -0.600. The summed E-state index contributed by atoms with van der Waals surface area (Å²) in [6, 6.07) is 2.08. The lowest BCUT2D eigenvalue weighted by Gasteiger charge is -2.09. The molecule has 0 bridgehead atoms. The molecule has 1 atom stereocenters. The molecule has 0 saturated carbocycles. The van der Waals surface area contributed by atoms with Crippen LogP contribution in [-0.4, -0.2) is 15.5 Å². The first kappa shape index (κ1) is 13.5. The molecule has 0 amide bonds. The van der Waals surface area contributed by atoms with Crippen molar-refractivity contribution in [3.05, 3.63) is 21.9 Å². The van der Waals surface area contributed by atoms with Gasteiger partial charge in [0.2, 0.25) is 10.0 Å². The first-order valence-electron chi connectivity index (χ1n) is 4.28. The quantitative estimate of drug-likeness (QED) is 0.919. The number of nitrogens with one attached hydrogen (secondary N) is 1. The molecule has 0 aliphatic carbocycles. The van der Waals surface area contributed by atoms with Crippen LogP contribution in [0.25, 0.3) is 0 Å². The van der Waals surface area contributed by atoms with Crippen LogP contribution in [0, 0.1) is 0 Å². The SMILES string of the molecule is CNS(=O)(=O)C(C)c1ccc(C(F)(F)F)s1. The molecule has 0 aliphatic rings. The maximum Gasteiger partial charge on any atom is 0.425 e. The first-order chi connectivity index (χ1) is 7.18. The highest BCUT2D eigenvalue weighted by atomic mass is 32.2. The van der Waals surface area contributed by atoms with Crippen LogP contribution >= 0.6 is 11.3 Å². The Labute approximate surface area is 95.3 Å². The normalized spacial score (nSPS) is 15.1. The molecule has 1 aromatic rings. The van der Waals surface area contributed by atoms with Crippen LogP contribution < -0.4 is 4.72 Å². The van der Waals surface area contributed by atoms with Crippen LogP contribution in [0.5, 0.6) is 0 Å². The van der Waals surface area contributed by atoms with Gasteiger partial charge in [0.05, 0.1) is 0 Å². The summed E-state index contributed by atoms with van der Waals surface area (Å²) in [6.07, 6.45) is -4.42. The summed E-state index contributed by atoms with van der Waals surface area (Å²) >= 11 is 0.446. The van der Waals surface area contributed by atoms with E-state index in [2.05, 4.69) is 4.72 Å². The summed E-state index contributed by atoms with van der Waals surface area (Å²) in [6.45, 7) is 1.35. The van der Waals surface area contributed by atoms with Gasteiger partial charge in [0.15, 0.2) is 0 Å². The van der Waals surface area contributed by atoms with Crippen LogP contribution in [0.4, 0.5) is 13.2 Å². The van der Waals surface area contributed by atoms with Crippen LogP contribution in [0.2, 0.25) is 0 Å². The van der Waals surface area contributed by atoms with Crippen molar-refractivity contribution in [2.45, 2.75) is 18.3 Å². The van der Waals surface area contributed by atoms with E-state index in [1.807, 2.05) is 0 Å². The summed E-state index contributed by atoms with van der Waals surface area (Å²) in [5.74, 6) is 0. The fourth-order valence-corrected chi connectivity index (χ4v) is 3.12. The summed E-state index contributed by atoms with van der Waals surface area (Å²) in [5, 5.41) is -0.987. The van der Waals surface area contributed by atoms with Gasteiger partial charge in [0.1, 0.15) is 10.1 Å². The predicted molar refractivity (Wildman–Crippen MR) is 55.7 cm³/mol. The van der Waals surface area contributed by atoms with Gasteiger partial charge in [-0.15, -0.1) is 11.3 Å². The molecular formula is C8H10F3NO2S2. The minimum atomic E-state index is -4.42. The molecule has 0 saturated heterocycles. The van der Waals surface area contributed by atoms with E-state index < -0.39 is 26.3 Å². The Morgan fingerprint density at radius 2 is 1.94 bits per heavy atom. The van der Waals surface area contributed by atoms with Crippen LogP contribution in [-0.2, 0) is 16.2 Å². The second kappa shape index (κ2) is 4.34. The lowest BCUT2D eigenvalue weighted by Crippen LogP contribution is -2.23. The number of alkyl halides is 3. The molecule has 1 rings (SSSR count). The second-order valence-corrected chi connectivity index (χ2v) is 6.41. The minimum absolute atomic E-state index is 0.168. The third kappa shape index (κ3) is 2.74. The van der Waals surface area contributed by atoms with Gasteiger partial charge in [-0.25, -0.2) is 13.1 Å². The maximum absolute atomic E-state index is 12.3. The van der Waals surface area contributed by atoms with Crippen LogP contribution in [0.1, 0.15) is 21.9 Å². The van der Waals surface area contributed by atoms with E-state index in [4.69, 9.17) is 0 Å². The summed E-state index contributed by atoms with van der Waals surface area (Å²) in [4.78, 5) is -0.623. The van der Waals surface area contributed by atoms with E-state index in [-0.39, 0.29) is 4.88 Å². The van der Waals surface area contributed by atoms with Gasteiger partial charge < -0.3 is 0 Å². The number of hydrogen-bond acceptors (Lipinski definition) is 3. The molecule has 3 nitrogen and oxygen atoms in total. The number of hydrogen-bond donors (Lipinski definition) is 1. The smallest absolute Gasteiger partial charge is 0.218 e. The standard InChI is InChI=1S/C8H10F3NO2S2/c1-5(16(13,14)12-2)6-3-4-7(15-6)8(9,10)11/h3-5,12H,1-2H3. The third-order valence-corrected chi connectivity index (χ3v) is 5.27. The van der Waals surface area contributed by atoms with Gasteiger partial charge in [-0.2, -0.15) is 13.2 Å². The molecule has 92 valence electrons. The van der Waals surface area contributed by atoms with Crippen molar-refractivity contribution in [2.24, 2.45) is 0 Å². The Bertz CT molecular complexity index is 464. The molecule has 1 unspecified atom stereocenters. The van der Waals surface area contributed by atoms with E-state index in [1.54, 1.807) is 0 Å². The monoisotopic (exact) mass is 273 g/mol. The van der Waals surface area contributed by atoms with E-state index in [9.17, 15) is 21.6 Å². The fourth-order valence-electron chi connectivity index (χ4n) is 1.05. The highest BCUT2D eigenvalue weighted by Gasteiger charge is 2.34. The zero-order chi connectivity index (χ0) is 12.6. The van der Waals surface area contributed by atoms with Crippen molar-refractivity contribution in [2.75, 3.05) is 7.05 Å².